The highest BCUT2D eigenvalue weighted by Gasteiger charge is 2.38. The lowest BCUT2D eigenvalue weighted by atomic mass is 10.1. The van der Waals surface area contributed by atoms with Gasteiger partial charge in [-0.1, -0.05) is 6.08 Å². The minimum Gasteiger partial charge on any atom is -0.464 e. The van der Waals surface area contributed by atoms with Gasteiger partial charge in [-0.15, -0.1) is 0 Å². The Morgan fingerprint density at radius 2 is 2.43 bits per heavy atom. The van der Waals surface area contributed by atoms with Gasteiger partial charge in [0.2, 0.25) is 0 Å². The zero-order valence-corrected chi connectivity index (χ0v) is 8.15. The number of hydrogen-bond acceptors (Lipinski definition) is 4. The molecule has 1 saturated heterocycles. The first-order valence-electron chi connectivity index (χ1n) is 4.45. The molecule has 5 heteroatoms. The zero-order valence-electron chi connectivity index (χ0n) is 8.15. The van der Waals surface area contributed by atoms with Crippen LogP contribution in [0.1, 0.15) is 13.8 Å². The Hall–Kier alpha value is -1.52. The molecule has 0 bridgehead atoms. The van der Waals surface area contributed by atoms with E-state index in [1.54, 1.807) is 26.0 Å². The SMILES string of the molecule is C/C=C/C1OC(=O)NC1C(=O)OCC. The van der Waals surface area contributed by atoms with E-state index in [4.69, 9.17) is 9.47 Å². The van der Waals surface area contributed by atoms with Crippen molar-refractivity contribution in [3.05, 3.63) is 12.2 Å². The van der Waals surface area contributed by atoms with Crippen LogP contribution < -0.4 is 5.32 Å². The summed E-state index contributed by atoms with van der Waals surface area (Å²) in [5, 5.41) is 2.39. The second-order valence-electron chi connectivity index (χ2n) is 2.77. The maximum absolute atomic E-state index is 11.3. The first kappa shape index (κ1) is 10.6. The van der Waals surface area contributed by atoms with Gasteiger partial charge in [0.1, 0.15) is 0 Å². The largest absolute Gasteiger partial charge is 0.464 e. The quantitative estimate of drug-likeness (QED) is 0.534. The van der Waals surface area contributed by atoms with Gasteiger partial charge in [-0.2, -0.15) is 0 Å². The van der Waals surface area contributed by atoms with Gasteiger partial charge in [-0.05, 0) is 19.9 Å². The molecule has 0 saturated carbocycles. The fraction of sp³-hybridized carbons (Fsp3) is 0.556. The molecule has 1 aliphatic rings. The van der Waals surface area contributed by atoms with E-state index in [1.807, 2.05) is 0 Å². The smallest absolute Gasteiger partial charge is 0.408 e. The molecule has 0 aromatic heterocycles. The molecule has 14 heavy (non-hydrogen) atoms. The van der Waals surface area contributed by atoms with E-state index in [2.05, 4.69) is 5.32 Å². The molecule has 1 amide bonds. The minimum absolute atomic E-state index is 0.285. The van der Waals surface area contributed by atoms with Gasteiger partial charge in [0.05, 0.1) is 6.61 Å². The third-order valence-electron chi connectivity index (χ3n) is 1.77. The van der Waals surface area contributed by atoms with Crippen molar-refractivity contribution >= 4 is 12.1 Å². The van der Waals surface area contributed by atoms with Crippen LogP contribution in [-0.2, 0) is 14.3 Å². The summed E-state index contributed by atoms with van der Waals surface area (Å²) in [7, 11) is 0. The Labute approximate surface area is 82.1 Å². The Kier molecular flexibility index (Phi) is 3.50. The number of alkyl carbamates (subject to hydrolysis) is 1. The van der Waals surface area contributed by atoms with Crippen molar-refractivity contribution in [2.24, 2.45) is 0 Å². The number of carbonyl (C=O) groups excluding carboxylic acids is 2. The van der Waals surface area contributed by atoms with Crippen LogP contribution in [0.4, 0.5) is 4.79 Å². The van der Waals surface area contributed by atoms with Crippen molar-refractivity contribution in [2.75, 3.05) is 6.61 Å². The summed E-state index contributed by atoms with van der Waals surface area (Å²) in [4.78, 5) is 22.2. The van der Waals surface area contributed by atoms with Gasteiger partial charge in [-0.3, -0.25) is 0 Å². The van der Waals surface area contributed by atoms with Crippen molar-refractivity contribution < 1.29 is 19.1 Å². The lowest BCUT2D eigenvalue weighted by Gasteiger charge is -2.11. The highest BCUT2D eigenvalue weighted by molar-refractivity contribution is 5.85. The van der Waals surface area contributed by atoms with Crippen molar-refractivity contribution in [3.63, 3.8) is 0 Å². The summed E-state index contributed by atoms with van der Waals surface area (Å²) >= 11 is 0. The van der Waals surface area contributed by atoms with E-state index in [-0.39, 0.29) is 6.61 Å². The van der Waals surface area contributed by atoms with Crippen LogP contribution in [-0.4, -0.2) is 30.8 Å². The van der Waals surface area contributed by atoms with Gasteiger partial charge >= 0.3 is 12.1 Å². The molecule has 0 aromatic rings. The molecule has 1 heterocycles. The van der Waals surface area contributed by atoms with Crippen LogP contribution in [0, 0.1) is 0 Å². The second kappa shape index (κ2) is 4.64. The number of rotatable bonds is 3. The molecule has 1 aliphatic heterocycles. The van der Waals surface area contributed by atoms with Gasteiger partial charge in [-0.25, -0.2) is 9.59 Å². The summed E-state index contributed by atoms with van der Waals surface area (Å²) in [6.45, 7) is 3.78. The van der Waals surface area contributed by atoms with Gasteiger partial charge in [0.15, 0.2) is 12.1 Å². The van der Waals surface area contributed by atoms with E-state index in [0.717, 1.165) is 0 Å². The molecule has 1 fully saturated rings. The molecule has 0 spiro atoms. The molecule has 0 aromatic carbocycles. The monoisotopic (exact) mass is 199 g/mol. The van der Waals surface area contributed by atoms with Crippen LogP contribution in [0.2, 0.25) is 0 Å². The van der Waals surface area contributed by atoms with Crippen molar-refractivity contribution in [1.29, 1.82) is 0 Å². The van der Waals surface area contributed by atoms with E-state index in [1.165, 1.54) is 0 Å². The third-order valence-corrected chi connectivity index (χ3v) is 1.77. The molecule has 1 N–H and O–H groups in total. The third kappa shape index (κ3) is 2.25. The molecule has 0 radical (unpaired) electrons. The highest BCUT2D eigenvalue weighted by atomic mass is 16.6. The van der Waals surface area contributed by atoms with Crippen LogP contribution in [0.3, 0.4) is 0 Å². The average Bonchev–Trinajstić information content (AvgIpc) is 2.48. The molecule has 5 nitrogen and oxygen atoms in total. The molecule has 2 atom stereocenters. The van der Waals surface area contributed by atoms with Crippen LogP contribution in [0.25, 0.3) is 0 Å². The van der Waals surface area contributed by atoms with Crippen LogP contribution in [0.15, 0.2) is 12.2 Å². The fourth-order valence-corrected chi connectivity index (χ4v) is 1.20. The van der Waals surface area contributed by atoms with Crippen molar-refractivity contribution in [3.8, 4) is 0 Å². The topological polar surface area (TPSA) is 64.6 Å². The normalized spacial score (nSPS) is 26.0. The summed E-state index contributed by atoms with van der Waals surface area (Å²) < 4.78 is 9.63. The number of nitrogens with one attached hydrogen (secondary N) is 1. The molecule has 0 aliphatic carbocycles. The highest BCUT2D eigenvalue weighted by Crippen LogP contribution is 2.11. The predicted octanol–water partition coefficient (Wildman–Crippen LogP) is 0.603. The maximum atomic E-state index is 11.3. The number of carbonyl (C=O) groups is 2. The lowest BCUT2D eigenvalue weighted by Crippen LogP contribution is -2.39. The van der Waals surface area contributed by atoms with E-state index < -0.39 is 24.2 Å². The van der Waals surface area contributed by atoms with Gasteiger partial charge < -0.3 is 14.8 Å². The lowest BCUT2D eigenvalue weighted by molar-refractivity contribution is -0.146. The van der Waals surface area contributed by atoms with E-state index >= 15 is 0 Å². The summed E-state index contributed by atoms with van der Waals surface area (Å²) in [5.74, 6) is -0.471. The summed E-state index contributed by atoms with van der Waals surface area (Å²) in [6.07, 6.45) is 2.20. The summed E-state index contributed by atoms with van der Waals surface area (Å²) in [6, 6.07) is -0.723. The van der Waals surface area contributed by atoms with Crippen molar-refractivity contribution in [2.45, 2.75) is 26.0 Å². The Morgan fingerprint density at radius 3 is 3.00 bits per heavy atom. The predicted molar refractivity (Wildman–Crippen MR) is 48.6 cm³/mol. The average molecular weight is 199 g/mol. The number of esters is 1. The van der Waals surface area contributed by atoms with E-state index in [0.29, 0.717) is 0 Å². The minimum atomic E-state index is -0.723. The molecular weight excluding hydrogens is 186 g/mol. The van der Waals surface area contributed by atoms with Crippen LogP contribution in [0.5, 0.6) is 0 Å². The number of amides is 1. The molecule has 78 valence electrons. The van der Waals surface area contributed by atoms with Crippen molar-refractivity contribution in [1.82, 2.24) is 5.32 Å². The number of allylic oxidation sites excluding steroid dienone is 1. The zero-order chi connectivity index (χ0) is 10.6. The molecule has 1 rings (SSSR count). The molecular formula is C9H13NO4. The molecule has 2 unspecified atom stereocenters. The number of hydrogen-bond donors (Lipinski definition) is 1. The first-order chi connectivity index (χ1) is 6.69. The van der Waals surface area contributed by atoms with E-state index in [9.17, 15) is 9.59 Å². The Bertz CT molecular complexity index is 262. The number of ether oxygens (including phenoxy) is 2. The Morgan fingerprint density at radius 1 is 1.71 bits per heavy atom. The Balaban J connectivity index is 2.65. The number of cyclic esters (lactones) is 1. The standard InChI is InChI=1S/C9H13NO4/c1-3-5-6-7(8(11)13-4-2)10-9(12)14-6/h3,5-7H,4H2,1-2H3,(H,10,12)/b5-3+. The fourth-order valence-electron chi connectivity index (χ4n) is 1.20. The van der Waals surface area contributed by atoms with Gasteiger partial charge in [0, 0.05) is 0 Å². The van der Waals surface area contributed by atoms with Crippen LogP contribution >= 0.6 is 0 Å². The second-order valence-corrected chi connectivity index (χ2v) is 2.77. The first-order valence-corrected chi connectivity index (χ1v) is 4.45. The maximum Gasteiger partial charge on any atom is 0.408 e. The van der Waals surface area contributed by atoms with Gasteiger partial charge in [0.25, 0.3) is 0 Å². The summed E-state index contributed by atoms with van der Waals surface area (Å²) in [5.41, 5.74) is 0.